The number of aromatic nitrogens is 1. The van der Waals surface area contributed by atoms with E-state index in [1.807, 2.05) is 0 Å². The molecule has 0 aliphatic rings. The van der Waals surface area contributed by atoms with Crippen LogP contribution in [-0.4, -0.2) is 18.1 Å². The van der Waals surface area contributed by atoms with Crippen LogP contribution in [0.4, 0.5) is 14.6 Å². The van der Waals surface area contributed by atoms with E-state index >= 15 is 0 Å². The second-order valence-corrected chi connectivity index (χ2v) is 2.46. The predicted molar refractivity (Wildman–Crippen MR) is 44.9 cm³/mol. The molecule has 1 aromatic rings. The quantitative estimate of drug-likeness (QED) is 0.736. The minimum absolute atomic E-state index is 0.0168. The first-order valence-corrected chi connectivity index (χ1v) is 3.69. The molecule has 0 radical (unpaired) electrons. The Morgan fingerprint density at radius 3 is 2.64 bits per heavy atom. The molecule has 0 aliphatic carbocycles. The maximum absolute atomic E-state index is 12.1. The van der Waals surface area contributed by atoms with E-state index in [4.69, 9.17) is 5.73 Å². The number of nitrogens with zero attached hydrogens (tertiary/aromatic N) is 1. The third-order valence-corrected chi connectivity index (χ3v) is 1.58. The second-order valence-electron chi connectivity index (χ2n) is 2.46. The number of pyridine rings is 1. The van der Waals surface area contributed by atoms with Crippen LogP contribution in [0.3, 0.4) is 0 Å². The zero-order chi connectivity index (χ0) is 10.7. The summed E-state index contributed by atoms with van der Waals surface area (Å²) in [6.07, 6.45) is -2.70. The Bertz CT molecular complexity index is 355. The fourth-order valence-electron chi connectivity index (χ4n) is 0.895. The molecule has 76 valence electrons. The molecule has 14 heavy (non-hydrogen) atoms. The summed E-state index contributed by atoms with van der Waals surface area (Å²) in [6.45, 7) is 0. The van der Waals surface area contributed by atoms with Gasteiger partial charge in [0.25, 0.3) is 6.43 Å². The number of ether oxygens (including phenoxy) is 1. The number of rotatable bonds is 2. The first-order chi connectivity index (χ1) is 6.56. The van der Waals surface area contributed by atoms with Crippen molar-refractivity contribution in [1.82, 2.24) is 4.98 Å². The van der Waals surface area contributed by atoms with Crippen LogP contribution < -0.4 is 5.73 Å². The lowest BCUT2D eigenvalue weighted by atomic mass is 10.2. The third kappa shape index (κ3) is 1.95. The van der Waals surface area contributed by atoms with Gasteiger partial charge in [-0.2, -0.15) is 0 Å². The van der Waals surface area contributed by atoms with Crippen LogP contribution in [0.1, 0.15) is 22.5 Å². The highest BCUT2D eigenvalue weighted by Crippen LogP contribution is 2.19. The number of carbonyl (C=O) groups is 1. The van der Waals surface area contributed by atoms with Crippen molar-refractivity contribution < 1.29 is 18.3 Å². The Kier molecular flexibility index (Phi) is 2.95. The SMILES string of the molecule is COC(=O)c1ccc(C(F)F)nc1N. The van der Waals surface area contributed by atoms with Gasteiger partial charge < -0.3 is 10.5 Å². The number of hydrogen-bond donors (Lipinski definition) is 1. The molecule has 4 nitrogen and oxygen atoms in total. The van der Waals surface area contributed by atoms with E-state index < -0.39 is 18.1 Å². The summed E-state index contributed by atoms with van der Waals surface area (Å²) >= 11 is 0. The number of carbonyl (C=O) groups excluding carboxylic acids is 1. The Hall–Kier alpha value is -1.72. The molecule has 0 fully saturated rings. The van der Waals surface area contributed by atoms with E-state index in [0.717, 1.165) is 12.1 Å². The molecule has 0 aromatic carbocycles. The van der Waals surface area contributed by atoms with Crippen LogP contribution in [-0.2, 0) is 4.74 Å². The molecule has 1 aromatic heterocycles. The zero-order valence-corrected chi connectivity index (χ0v) is 7.33. The molecule has 1 rings (SSSR count). The van der Waals surface area contributed by atoms with Gasteiger partial charge in [0.15, 0.2) is 0 Å². The molecule has 0 spiro atoms. The van der Waals surface area contributed by atoms with Gasteiger partial charge in [-0.1, -0.05) is 0 Å². The Morgan fingerprint density at radius 1 is 1.57 bits per heavy atom. The fraction of sp³-hybridized carbons (Fsp3) is 0.250. The molecular formula is C8H8F2N2O2. The van der Waals surface area contributed by atoms with E-state index in [0.29, 0.717) is 0 Å². The van der Waals surface area contributed by atoms with E-state index in [-0.39, 0.29) is 11.4 Å². The van der Waals surface area contributed by atoms with Crippen molar-refractivity contribution in [2.24, 2.45) is 0 Å². The minimum Gasteiger partial charge on any atom is -0.465 e. The molecule has 0 atom stereocenters. The summed E-state index contributed by atoms with van der Waals surface area (Å²) in [6, 6.07) is 2.20. The van der Waals surface area contributed by atoms with Crippen LogP contribution in [0, 0.1) is 0 Å². The molecule has 0 amide bonds. The first kappa shape index (κ1) is 10.4. The van der Waals surface area contributed by atoms with Crippen molar-refractivity contribution >= 4 is 11.8 Å². The number of nitrogens with two attached hydrogens (primary N) is 1. The molecule has 0 unspecified atom stereocenters. The summed E-state index contributed by atoms with van der Waals surface area (Å²) < 4.78 is 28.6. The monoisotopic (exact) mass is 202 g/mol. The predicted octanol–water partition coefficient (Wildman–Crippen LogP) is 1.39. The molecule has 0 bridgehead atoms. The summed E-state index contributed by atoms with van der Waals surface area (Å²) in [5.41, 5.74) is 4.81. The Balaban J connectivity index is 3.07. The van der Waals surface area contributed by atoms with Crippen LogP contribution in [0.5, 0.6) is 0 Å². The normalized spacial score (nSPS) is 10.3. The smallest absolute Gasteiger partial charge is 0.341 e. The molecule has 2 N–H and O–H groups in total. The standard InChI is InChI=1S/C8H8F2N2O2/c1-14-8(13)4-2-3-5(6(9)10)12-7(4)11/h2-3,6H,1H3,(H2,11,12). The van der Waals surface area contributed by atoms with Gasteiger partial charge in [0.1, 0.15) is 17.1 Å². The Morgan fingerprint density at radius 2 is 2.21 bits per heavy atom. The van der Waals surface area contributed by atoms with E-state index in [1.54, 1.807) is 0 Å². The third-order valence-electron chi connectivity index (χ3n) is 1.58. The van der Waals surface area contributed by atoms with Crippen LogP contribution in [0.25, 0.3) is 0 Å². The molecule has 0 aliphatic heterocycles. The number of halogens is 2. The highest BCUT2D eigenvalue weighted by atomic mass is 19.3. The molecule has 6 heteroatoms. The van der Waals surface area contributed by atoms with E-state index in [2.05, 4.69) is 9.72 Å². The van der Waals surface area contributed by atoms with Crippen LogP contribution in [0.15, 0.2) is 12.1 Å². The molecular weight excluding hydrogens is 194 g/mol. The number of alkyl halides is 2. The van der Waals surface area contributed by atoms with Gasteiger partial charge in [0.05, 0.1) is 7.11 Å². The summed E-state index contributed by atoms with van der Waals surface area (Å²) in [5.74, 6) is -0.953. The number of anilines is 1. The lowest BCUT2D eigenvalue weighted by Gasteiger charge is -2.04. The lowest BCUT2D eigenvalue weighted by molar-refractivity contribution is 0.0601. The zero-order valence-electron chi connectivity index (χ0n) is 7.33. The summed E-state index contributed by atoms with van der Waals surface area (Å²) in [4.78, 5) is 14.4. The number of hydrogen-bond acceptors (Lipinski definition) is 4. The molecule has 1 heterocycles. The number of nitrogen functional groups attached to an aromatic ring is 1. The van der Waals surface area contributed by atoms with Gasteiger partial charge in [-0.25, -0.2) is 18.6 Å². The van der Waals surface area contributed by atoms with Gasteiger partial charge >= 0.3 is 5.97 Å². The summed E-state index contributed by atoms with van der Waals surface area (Å²) in [5, 5.41) is 0. The minimum atomic E-state index is -2.70. The van der Waals surface area contributed by atoms with Crippen molar-refractivity contribution in [1.29, 1.82) is 0 Å². The van der Waals surface area contributed by atoms with Crippen molar-refractivity contribution in [3.8, 4) is 0 Å². The van der Waals surface area contributed by atoms with Crippen molar-refractivity contribution in [3.63, 3.8) is 0 Å². The average Bonchev–Trinajstić information content (AvgIpc) is 2.16. The van der Waals surface area contributed by atoms with Gasteiger partial charge in [-0.15, -0.1) is 0 Å². The number of esters is 1. The van der Waals surface area contributed by atoms with Gasteiger partial charge in [-0.3, -0.25) is 0 Å². The first-order valence-electron chi connectivity index (χ1n) is 3.69. The fourth-order valence-corrected chi connectivity index (χ4v) is 0.895. The van der Waals surface area contributed by atoms with Crippen molar-refractivity contribution in [3.05, 3.63) is 23.4 Å². The van der Waals surface area contributed by atoms with Crippen molar-refractivity contribution in [2.45, 2.75) is 6.43 Å². The molecule has 0 saturated carbocycles. The topological polar surface area (TPSA) is 65.2 Å². The van der Waals surface area contributed by atoms with Crippen LogP contribution in [0.2, 0.25) is 0 Å². The maximum atomic E-state index is 12.1. The Labute approximate surface area is 78.7 Å². The highest BCUT2D eigenvalue weighted by molar-refractivity contribution is 5.93. The maximum Gasteiger partial charge on any atom is 0.341 e. The second kappa shape index (κ2) is 3.99. The summed E-state index contributed by atoms with van der Waals surface area (Å²) in [7, 11) is 1.17. The number of methoxy groups -OCH3 is 1. The van der Waals surface area contributed by atoms with Gasteiger partial charge in [0.2, 0.25) is 0 Å². The largest absolute Gasteiger partial charge is 0.465 e. The van der Waals surface area contributed by atoms with Gasteiger partial charge in [0, 0.05) is 0 Å². The molecule has 0 saturated heterocycles. The highest BCUT2D eigenvalue weighted by Gasteiger charge is 2.15. The average molecular weight is 202 g/mol. The van der Waals surface area contributed by atoms with Crippen LogP contribution >= 0.6 is 0 Å². The van der Waals surface area contributed by atoms with E-state index in [1.165, 1.54) is 7.11 Å². The lowest BCUT2D eigenvalue weighted by Crippen LogP contribution is -2.08. The van der Waals surface area contributed by atoms with Crippen molar-refractivity contribution in [2.75, 3.05) is 12.8 Å². The van der Waals surface area contributed by atoms with Gasteiger partial charge in [-0.05, 0) is 12.1 Å². The van der Waals surface area contributed by atoms with E-state index in [9.17, 15) is 13.6 Å².